The van der Waals surface area contributed by atoms with E-state index in [1.54, 1.807) is 0 Å². The molecule has 0 aliphatic rings. The number of hydrogen-bond donors (Lipinski definition) is 0. The molecule has 0 N–H and O–H groups in total. The van der Waals surface area contributed by atoms with Crippen molar-refractivity contribution in [3.05, 3.63) is 18.0 Å². The fraction of sp³-hybridized carbons (Fsp3) is 0.545. The Balaban J connectivity index is 2.71. The zero-order chi connectivity index (χ0) is 10.6. The summed E-state index contributed by atoms with van der Waals surface area (Å²) in [5.41, 5.74) is 4.37. The maximum absolute atomic E-state index is 4.24. The monoisotopic (exact) mass is 206 g/mol. The Labute approximate surface area is 87.3 Å². The quantitative estimate of drug-likeness (QED) is 0.537. The number of hydrogen-bond acceptors (Lipinski definition) is 1. The molecule has 1 aromatic rings. The Hall–Kier alpha value is -1.01. The van der Waals surface area contributed by atoms with Crippen LogP contribution in [0.3, 0.4) is 0 Å². The fourth-order valence-electron chi connectivity index (χ4n) is 1.04. The first kappa shape index (κ1) is 11.1. The van der Waals surface area contributed by atoms with Gasteiger partial charge in [0, 0.05) is 12.7 Å². The summed E-state index contributed by atoms with van der Waals surface area (Å²) in [6.07, 6.45) is 4.99. The maximum Gasteiger partial charge on any atom is 0.129 e. The van der Waals surface area contributed by atoms with Gasteiger partial charge in [0.2, 0.25) is 0 Å². The molecule has 1 aromatic heterocycles. The van der Waals surface area contributed by atoms with E-state index in [9.17, 15) is 0 Å². The lowest BCUT2D eigenvalue weighted by molar-refractivity contribution is 0.602. The van der Waals surface area contributed by atoms with Crippen LogP contribution in [0, 0.1) is 11.5 Å². The molecule has 0 amide bonds. The van der Waals surface area contributed by atoms with Crippen LogP contribution >= 0.6 is 0 Å². The zero-order valence-corrected chi connectivity index (χ0v) is 10.5. The molecule has 0 bridgehead atoms. The van der Waals surface area contributed by atoms with Gasteiger partial charge in [0.15, 0.2) is 0 Å². The minimum absolute atomic E-state index is 0.981. The predicted molar refractivity (Wildman–Crippen MR) is 62.7 cm³/mol. The summed E-state index contributed by atoms with van der Waals surface area (Å²) in [6.45, 7) is 9.87. The Kier molecular flexibility index (Phi) is 3.53. The highest BCUT2D eigenvalue weighted by Crippen LogP contribution is 2.00. The molecule has 0 aliphatic heterocycles. The molecule has 2 nitrogen and oxygen atoms in total. The molecule has 1 heterocycles. The first-order valence-corrected chi connectivity index (χ1v) is 8.57. The topological polar surface area (TPSA) is 17.8 Å². The van der Waals surface area contributed by atoms with Gasteiger partial charge >= 0.3 is 0 Å². The molecule has 14 heavy (non-hydrogen) atoms. The minimum Gasteiger partial charge on any atom is -0.271 e. The van der Waals surface area contributed by atoms with E-state index in [0.717, 1.165) is 18.5 Å². The molecular weight excluding hydrogens is 188 g/mol. The van der Waals surface area contributed by atoms with Gasteiger partial charge < -0.3 is 0 Å². The lowest BCUT2D eigenvalue weighted by Crippen LogP contribution is -2.16. The Morgan fingerprint density at radius 3 is 2.71 bits per heavy atom. The first-order chi connectivity index (χ1) is 6.51. The van der Waals surface area contributed by atoms with Crippen molar-refractivity contribution in [2.45, 2.75) is 39.5 Å². The van der Waals surface area contributed by atoms with Crippen LogP contribution in [0.1, 0.15) is 18.9 Å². The van der Waals surface area contributed by atoms with Crippen molar-refractivity contribution in [2.75, 3.05) is 0 Å². The van der Waals surface area contributed by atoms with Crippen molar-refractivity contribution in [2.24, 2.45) is 0 Å². The third kappa shape index (κ3) is 3.80. The van der Waals surface area contributed by atoms with Crippen molar-refractivity contribution in [1.29, 1.82) is 0 Å². The van der Waals surface area contributed by atoms with Crippen LogP contribution in [0.15, 0.2) is 12.4 Å². The fourth-order valence-corrected chi connectivity index (χ4v) is 1.56. The molecular formula is C11H18N2Si. The third-order valence-electron chi connectivity index (χ3n) is 1.67. The van der Waals surface area contributed by atoms with Gasteiger partial charge in [-0.15, -0.1) is 5.54 Å². The standard InChI is InChI=1S/C11H18N2Si/c1-5-7-13-10-11(9-12-13)6-8-14(2,3)4/h9-10H,5,7H2,1-4H3. The molecule has 0 atom stereocenters. The zero-order valence-electron chi connectivity index (χ0n) is 9.46. The predicted octanol–water partition coefficient (Wildman–Crippen LogP) is 2.52. The average Bonchev–Trinajstić information content (AvgIpc) is 2.49. The van der Waals surface area contributed by atoms with Crippen molar-refractivity contribution in [3.8, 4) is 11.5 Å². The van der Waals surface area contributed by atoms with E-state index in [1.807, 2.05) is 17.1 Å². The highest BCUT2D eigenvalue weighted by molar-refractivity contribution is 6.83. The van der Waals surface area contributed by atoms with Crippen LogP contribution in [0.25, 0.3) is 0 Å². The Morgan fingerprint density at radius 2 is 2.14 bits per heavy atom. The van der Waals surface area contributed by atoms with Gasteiger partial charge in [-0.05, 0) is 6.42 Å². The van der Waals surface area contributed by atoms with Gasteiger partial charge in [-0.1, -0.05) is 32.5 Å². The molecule has 0 aliphatic carbocycles. The van der Waals surface area contributed by atoms with E-state index >= 15 is 0 Å². The largest absolute Gasteiger partial charge is 0.271 e. The van der Waals surface area contributed by atoms with Gasteiger partial charge in [-0.3, -0.25) is 4.68 Å². The second kappa shape index (κ2) is 4.47. The van der Waals surface area contributed by atoms with Crippen LogP contribution in [0.5, 0.6) is 0 Å². The third-order valence-corrected chi connectivity index (χ3v) is 2.54. The summed E-state index contributed by atoms with van der Waals surface area (Å²) in [5.74, 6) is 3.19. The molecule has 0 unspecified atom stereocenters. The molecule has 0 spiro atoms. The Morgan fingerprint density at radius 1 is 1.43 bits per heavy atom. The van der Waals surface area contributed by atoms with Crippen LogP contribution in [-0.4, -0.2) is 17.9 Å². The molecule has 0 fully saturated rings. The smallest absolute Gasteiger partial charge is 0.129 e. The molecule has 0 saturated heterocycles. The molecule has 76 valence electrons. The van der Waals surface area contributed by atoms with Gasteiger partial charge in [0.1, 0.15) is 8.07 Å². The minimum atomic E-state index is -1.25. The van der Waals surface area contributed by atoms with Crippen LogP contribution in [0.4, 0.5) is 0 Å². The van der Waals surface area contributed by atoms with Crippen molar-refractivity contribution in [3.63, 3.8) is 0 Å². The van der Waals surface area contributed by atoms with E-state index in [0.29, 0.717) is 0 Å². The number of aromatic nitrogens is 2. The second-order valence-electron chi connectivity index (χ2n) is 4.49. The summed E-state index contributed by atoms with van der Waals surface area (Å²) >= 11 is 0. The van der Waals surface area contributed by atoms with Gasteiger partial charge in [-0.25, -0.2) is 0 Å². The van der Waals surface area contributed by atoms with E-state index in [2.05, 4.69) is 43.1 Å². The lowest BCUT2D eigenvalue weighted by Gasteiger charge is -2.02. The molecule has 0 radical (unpaired) electrons. The lowest BCUT2D eigenvalue weighted by atomic mass is 10.4. The summed E-state index contributed by atoms with van der Waals surface area (Å²) < 4.78 is 1.95. The van der Waals surface area contributed by atoms with Crippen molar-refractivity contribution < 1.29 is 0 Å². The number of aryl methyl sites for hydroxylation is 1. The highest BCUT2D eigenvalue weighted by Gasteiger charge is 2.07. The molecule has 3 heteroatoms. The van der Waals surface area contributed by atoms with E-state index in [1.165, 1.54) is 0 Å². The van der Waals surface area contributed by atoms with Crippen LogP contribution in [-0.2, 0) is 6.54 Å². The first-order valence-electron chi connectivity index (χ1n) is 5.07. The van der Waals surface area contributed by atoms with Gasteiger partial charge in [0.25, 0.3) is 0 Å². The summed E-state index contributed by atoms with van der Waals surface area (Å²) in [6, 6.07) is 0. The summed E-state index contributed by atoms with van der Waals surface area (Å²) in [4.78, 5) is 0. The summed E-state index contributed by atoms with van der Waals surface area (Å²) in [7, 11) is -1.25. The number of rotatable bonds is 2. The highest BCUT2D eigenvalue weighted by atomic mass is 28.3. The van der Waals surface area contributed by atoms with E-state index < -0.39 is 8.07 Å². The van der Waals surface area contributed by atoms with Crippen LogP contribution in [0.2, 0.25) is 19.6 Å². The average molecular weight is 206 g/mol. The maximum atomic E-state index is 4.24. The molecule has 0 saturated carbocycles. The van der Waals surface area contributed by atoms with Gasteiger partial charge in [-0.2, -0.15) is 5.10 Å². The van der Waals surface area contributed by atoms with E-state index in [-0.39, 0.29) is 0 Å². The van der Waals surface area contributed by atoms with Crippen LogP contribution < -0.4 is 0 Å². The van der Waals surface area contributed by atoms with Crippen molar-refractivity contribution >= 4 is 8.07 Å². The Bertz CT molecular complexity index is 349. The molecule has 0 aromatic carbocycles. The second-order valence-corrected chi connectivity index (χ2v) is 9.24. The SMILES string of the molecule is CCCn1cc(C#C[Si](C)(C)C)cn1. The molecule has 1 rings (SSSR count). The van der Waals surface area contributed by atoms with Crippen molar-refractivity contribution in [1.82, 2.24) is 9.78 Å². The van der Waals surface area contributed by atoms with Gasteiger partial charge in [0.05, 0.1) is 11.8 Å². The normalized spacial score (nSPS) is 10.9. The summed E-state index contributed by atoms with van der Waals surface area (Å²) in [5, 5.41) is 4.24. The number of nitrogens with zero attached hydrogens (tertiary/aromatic N) is 2. The van der Waals surface area contributed by atoms with E-state index in [4.69, 9.17) is 0 Å².